The Morgan fingerprint density at radius 2 is 2.05 bits per heavy atom. The van der Waals surface area contributed by atoms with Crippen molar-refractivity contribution in [3.05, 3.63) is 47.7 Å². The van der Waals surface area contributed by atoms with Crippen molar-refractivity contribution >= 4 is 0 Å². The van der Waals surface area contributed by atoms with E-state index in [1.54, 1.807) is 18.2 Å². The van der Waals surface area contributed by atoms with Crippen LogP contribution in [-0.4, -0.2) is 11.6 Å². The summed E-state index contributed by atoms with van der Waals surface area (Å²) < 4.78 is 43.8. The number of hydrogen-bond donors (Lipinski definition) is 0. The van der Waals surface area contributed by atoms with E-state index in [2.05, 4.69) is 11.1 Å². The van der Waals surface area contributed by atoms with Crippen LogP contribution in [0.15, 0.2) is 36.4 Å². The lowest BCUT2D eigenvalue weighted by atomic mass is 9.98. The van der Waals surface area contributed by atoms with Crippen molar-refractivity contribution in [2.45, 2.75) is 18.5 Å². The largest absolute Gasteiger partial charge is 0.492 e. The Bertz CT molecular complexity index is 750. The van der Waals surface area contributed by atoms with Gasteiger partial charge in [-0.25, -0.2) is 4.98 Å². The van der Waals surface area contributed by atoms with Gasteiger partial charge in [-0.05, 0) is 24.3 Å². The highest BCUT2D eigenvalue weighted by molar-refractivity contribution is 5.62. The Morgan fingerprint density at radius 1 is 1.23 bits per heavy atom. The number of rotatable bonds is 1. The first-order chi connectivity index (χ1) is 10.5. The van der Waals surface area contributed by atoms with Crippen LogP contribution in [0.5, 0.6) is 5.75 Å². The standard InChI is InChI=1S/C16H11F3N2O/c17-16(18,19)12-3-1-2-10(8-12)13-4-5-14-15(21-13)11(9-20)6-7-22-14/h1-5,8,11H,6-7H2. The van der Waals surface area contributed by atoms with Crippen LogP contribution in [0.1, 0.15) is 23.6 Å². The lowest BCUT2D eigenvalue weighted by Gasteiger charge is -2.21. The number of pyridine rings is 1. The third-order valence-corrected chi connectivity index (χ3v) is 3.52. The summed E-state index contributed by atoms with van der Waals surface area (Å²) in [5.41, 5.74) is 0.525. The molecule has 0 N–H and O–H groups in total. The van der Waals surface area contributed by atoms with E-state index in [0.717, 1.165) is 12.1 Å². The fourth-order valence-electron chi connectivity index (χ4n) is 2.40. The first-order valence-corrected chi connectivity index (χ1v) is 6.70. The number of hydrogen-bond acceptors (Lipinski definition) is 3. The fourth-order valence-corrected chi connectivity index (χ4v) is 2.40. The van der Waals surface area contributed by atoms with E-state index >= 15 is 0 Å². The predicted octanol–water partition coefficient (Wildman–Crippen LogP) is 4.16. The minimum Gasteiger partial charge on any atom is -0.492 e. The van der Waals surface area contributed by atoms with Crippen molar-refractivity contribution in [2.75, 3.05) is 6.61 Å². The van der Waals surface area contributed by atoms with Crippen molar-refractivity contribution in [3.63, 3.8) is 0 Å². The lowest BCUT2D eigenvalue weighted by molar-refractivity contribution is -0.137. The van der Waals surface area contributed by atoms with Crippen LogP contribution < -0.4 is 4.74 Å². The van der Waals surface area contributed by atoms with E-state index in [0.29, 0.717) is 35.7 Å². The van der Waals surface area contributed by atoms with Crippen molar-refractivity contribution in [2.24, 2.45) is 0 Å². The predicted molar refractivity (Wildman–Crippen MR) is 73.1 cm³/mol. The second kappa shape index (κ2) is 5.34. The van der Waals surface area contributed by atoms with Gasteiger partial charge in [0.05, 0.1) is 29.9 Å². The second-order valence-electron chi connectivity index (χ2n) is 4.98. The molecule has 1 aromatic heterocycles. The summed E-state index contributed by atoms with van der Waals surface area (Å²) in [5.74, 6) is 0.128. The zero-order valence-electron chi connectivity index (χ0n) is 11.4. The lowest BCUT2D eigenvalue weighted by Crippen LogP contribution is -2.15. The molecule has 0 bridgehead atoms. The Labute approximate surface area is 125 Å². The summed E-state index contributed by atoms with van der Waals surface area (Å²) in [7, 11) is 0. The zero-order chi connectivity index (χ0) is 15.7. The van der Waals surface area contributed by atoms with E-state index in [-0.39, 0.29) is 0 Å². The summed E-state index contributed by atoms with van der Waals surface area (Å²) in [6.45, 7) is 0.440. The highest BCUT2D eigenvalue weighted by Gasteiger charge is 2.30. The van der Waals surface area contributed by atoms with E-state index in [9.17, 15) is 13.2 Å². The number of aromatic nitrogens is 1. The fraction of sp³-hybridized carbons (Fsp3) is 0.250. The average molecular weight is 304 g/mol. The molecule has 1 aromatic carbocycles. The summed E-state index contributed by atoms with van der Waals surface area (Å²) in [6.07, 6.45) is -3.87. The first kappa shape index (κ1) is 14.4. The number of ether oxygens (including phenoxy) is 1. The molecule has 112 valence electrons. The van der Waals surface area contributed by atoms with Crippen molar-refractivity contribution in [1.29, 1.82) is 5.26 Å². The molecule has 2 heterocycles. The maximum Gasteiger partial charge on any atom is 0.416 e. The van der Waals surface area contributed by atoms with Crippen LogP contribution in [0.3, 0.4) is 0 Å². The van der Waals surface area contributed by atoms with E-state index < -0.39 is 17.7 Å². The van der Waals surface area contributed by atoms with Crippen molar-refractivity contribution in [1.82, 2.24) is 4.98 Å². The molecular formula is C16H11F3N2O. The van der Waals surface area contributed by atoms with Gasteiger partial charge in [-0.2, -0.15) is 18.4 Å². The minimum absolute atomic E-state index is 0.361. The van der Waals surface area contributed by atoms with E-state index in [1.165, 1.54) is 6.07 Å². The van der Waals surface area contributed by atoms with Crippen LogP contribution in [-0.2, 0) is 6.18 Å². The normalized spacial score (nSPS) is 17.3. The third kappa shape index (κ3) is 2.62. The summed E-state index contributed by atoms with van der Waals surface area (Å²) in [6, 6.07) is 10.4. The maximum absolute atomic E-state index is 12.8. The molecule has 0 saturated heterocycles. The Hall–Kier alpha value is -2.55. The number of benzene rings is 1. The Balaban J connectivity index is 2.05. The van der Waals surface area contributed by atoms with Gasteiger partial charge in [0.15, 0.2) is 0 Å². The minimum atomic E-state index is -4.40. The van der Waals surface area contributed by atoms with Gasteiger partial charge >= 0.3 is 6.18 Å². The van der Waals surface area contributed by atoms with Crippen molar-refractivity contribution in [3.8, 4) is 23.1 Å². The van der Waals surface area contributed by atoms with Crippen LogP contribution >= 0.6 is 0 Å². The molecule has 22 heavy (non-hydrogen) atoms. The SMILES string of the molecule is N#CC1CCOc2ccc(-c3cccc(C(F)(F)F)c3)nc21. The molecule has 0 spiro atoms. The molecule has 1 aliphatic rings. The summed E-state index contributed by atoms with van der Waals surface area (Å²) in [5, 5.41) is 9.16. The molecule has 2 aromatic rings. The van der Waals surface area contributed by atoms with E-state index in [4.69, 9.17) is 10.00 Å². The van der Waals surface area contributed by atoms with Crippen molar-refractivity contribution < 1.29 is 17.9 Å². The quantitative estimate of drug-likeness (QED) is 0.795. The molecular weight excluding hydrogens is 293 g/mol. The van der Waals surface area contributed by atoms with Crippen LogP contribution in [0.25, 0.3) is 11.3 Å². The number of nitrogens with zero attached hydrogens (tertiary/aromatic N) is 2. The molecule has 1 unspecified atom stereocenters. The number of alkyl halides is 3. The van der Waals surface area contributed by atoms with Gasteiger partial charge in [0, 0.05) is 12.0 Å². The van der Waals surface area contributed by atoms with Gasteiger partial charge < -0.3 is 4.74 Å². The molecule has 1 aliphatic heterocycles. The highest BCUT2D eigenvalue weighted by Crippen LogP contribution is 2.35. The van der Waals surface area contributed by atoms with Gasteiger partial charge in [0.2, 0.25) is 0 Å². The molecule has 1 atom stereocenters. The maximum atomic E-state index is 12.8. The molecule has 3 rings (SSSR count). The van der Waals surface area contributed by atoms with Crippen LogP contribution in [0, 0.1) is 11.3 Å². The molecule has 0 saturated carbocycles. The van der Waals surface area contributed by atoms with Gasteiger partial charge in [0.1, 0.15) is 11.4 Å². The molecule has 6 heteroatoms. The molecule has 3 nitrogen and oxygen atoms in total. The van der Waals surface area contributed by atoms with Crippen LogP contribution in [0.4, 0.5) is 13.2 Å². The summed E-state index contributed by atoms with van der Waals surface area (Å²) >= 11 is 0. The second-order valence-corrected chi connectivity index (χ2v) is 4.98. The van der Waals surface area contributed by atoms with Gasteiger partial charge in [-0.3, -0.25) is 0 Å². The zero-order valence-corrected chi connectivity index (χ0v) is 11.4. The average Bonchev–Trinajstić information content (AvgIpc) is 2.53. The van der Waals surface area contributed by atoms with Gasteiger partial charge in [0.25, 0.3) is 0 Å². The topological polar surface area (TPSA) is 45.9 Å². The number of fused-ring (bicyclic) bond motifs is 1. The molecule has 0 amide bonds. The third-order valence-electron chi connectivity index (χ3n) is 3.52. The number of halogens is 3. The monoisotopic (exact) mass is 304 g/mol. The van der Waals surface area contributed by atoms with E-state index in [1.807, 2.05) is 0 Å². The smallest absolute Gasteiger partial charge is 0.416 e. The molecule has 0 aliphatic carbocycles. The first-order valence-electron chi connectivity index (χ1n) is 6.70. The number of nitriles is 1. The Morgan fingerprint density at radius 3 is 2.77 bits per heavy atom. The Kier molecular flexibility index (Phi) is 3.49. The summed E-state index contributed by atoms with van der Waals surface area (Å²) in [4.78, 5) is 4.34. The molecule has 0 fully saturated rings. The van der Waals surface area contributed by atoms with Gasteiger partial charge in [-0.1, -0.05) is 12.1 Å². The van der Waals surface area contributed by atoms with Gasteiger partial charge in [-0.15, -0.1) is 0 Å². The van der Waals surface area contributed by atoms with Crippen LogP contribution in [0.2, 0.25) is 0 Å². The molecule has 0 radical (unpaired) electrons. The highest BCUT2D eigenvalue weighted by atomic mass is 19.4.